The summed E-state index contributed by atoms with van der Waals surface area (Å²) < 4.78 is 13.2. The van der Waals surface area contributed by atoms with Crippen LogP contribution in [0.5, 0.6) is 0 Å². The standard InChI is InChI=1S/C52H30N4O2/c1-2-12-31(13-3-1)34-18-10-19-38(27-34)50-54-51(40-21-11-23-44-46(40)39-20-8-9-22-43(39)57-44)56-52(55-50)42-30-53-48(37-25-24-32-14-4-5-15-33(32)26-37)47-41-28-35-16-6-7-17-36(35)29-45(41)58-49(42)47/h1-30H. The Morgan fingerprint density at radius 1 is 0.345 bits per heavy atom. The van der Waals surface area contributed by atoms with Crippen LogP contribution in [0.15, 0.2) is 191 Å². The molecule has 8 aromatic carbocycles. The van der Waals surface area contributed by atoms with Crippen LogP contribution in [0.3, 0.4) is 0 Å². The number of pyridine rings is 1. The first-order valence-corrected chi connectivity index (χ1v) is 19.3. The van der Waals surface area contributed by atoms with Crippen molar-refractivity contribution >= 4 is 65.4 Å². The van der Waals surface area contributed by atoms with Gasteiger partial charge in [-0.25, -0.2) is 15.0 Å². The lowest BCUT2D eigenvalue weighted by atomic mass is 9.99. The van der Waals surface area contributed by atoms with E-state index >= 15 is 0 Å². The van der Waals surface area contributed by atoms with E-state index < -0.39 is 0 Å². The highest BCUT2D eigenvalue weighted by molar-refractivity contribution is 6.18. The fraction of sp³-hybridized carbons (Fsp3) is 0. The van der Waals surface area contributed by atoms with Crippen LogP contribution in [0.4, 0.5) is 0 Å². The normalized spacial score (nSPS) is 11.8. The van der Waals surface area contributed by atoms with Crippen molar-refractivity contribution in [3.8, 4) is 56.5 Å². The van der Waals surface area contributed by atoms with E-state index in [1.807, 2.05) is 66.9 Å². The summed E-state index contributed by atoms with van der Waals surface area (Å²) in [5.41, 5.74) is 9.40. The molecule has 0 fully saturated rings. The summed E-state index contributed by atoms with van der Waals surface area (Å²) in [7, 11) is 0. The average molecular weight is 743 g/mol. The van der Waals surface area contributed by atoms with E-state index in [1.54, 1.807) is 0 Å². The highest BCUT2D eigenvalue weighted by atomic mass is 16.3. The molecule has 0 spiro atoms. The van der Waals surface area contributed by atoms with Crippen LogP contribution >= 0.6 is 0 Å². The molecule has 6 nitrogen and oxygen atoms in total. The summed E-state index contributed by atoms with van der Waals surface area (Å²) in [4.78, 5) is 20.9. The highest BCUT2D eigenvalue weighted by Gasteiger charge is 2.24. The Labute approximate surface area is 331 Å². The first-order valence-electron chi connectivity index (χ1n) is 19.3. The minimum atomic E-state index is 0.459. The topological polar surface area (TPSA) is 77.8 Å². The highest BCUT2D eigenvalue weighted by Crippen LogP contribution is 2.43. The van der Waals surface area contributed by atoms with Gasteiger partial charge >= 0.3 is 0 Å². The van der Waals surface area contributed by atoms with Crippen molar-refractivity contribution in [3.63, 3.8) is 0 Å². The molecule has 0 aliphatic carbocycles. The Bertz CT molecular complexity index is 3590. The first-order chi connectivity index (χ1) is 28.7. The van der Waals surface area contributed by atoms with Crippen LogP contribution in [0, 0.1) is 0 Å². The Kier molecular flexibility index (Phi) is 7.13. The quantitative estimate of drug-likeness (QED) is 0.175. The summed E-state index contributed by atoms with van der Waals surface area (Å²) in [6.45, 7) is 0. The Balaban J connectivity index is 1.15. The van der Waals surface area contributed by atoms with Gasteiger partial charge in [0.15, 0.2) is 17.5 Å². The van der Waals surface area contributed by atoms with Gasteiger partial charge in [-0.05, 0) is 69.1 Å². The molecule has 12 aromatic rings. The molecule has 0 saturated heterocycles. The van der Waals surface area contributed by atoms with Crippen LogP contribution in [0.2, 0.25) is 0 Å². The molecule has 0 N–H and O–H groups in total. The lowest BCUT2D eigenvalue weighted by Crippen LogP contribution is -2.01. The van der Waals surface area contributed by atoms with E-state index in [2.05, 4.69) is 115 Å². The molecular formula is C52H30N4O2. The molecule has 0 atom stereocenters. The Morgan fingerprint density at radius 3 is 1.86 bits per heavy atom. The van der Waals surface area contributed by atoms with Crippen molar-refractivity contribution in [1.29, 1.82) is 0 Å². The van der Waals surface area contributed by atoms with E-state index in [0.717, 1.165) is 88.0 Å². The van der Waals surface area contributed by atoms with Gasteiger partial charge in [-0.1, -0.05) is 140 Å². The maximum absolute atomic E-state index is 6.92. The van der Waals surface area contributed by atoms with Crippen molar-refractivity contribution in [2.45, 2.75) is 0 Å². The van der Waals surface area contributed by atoms with E-state index in [-0.39, 0.29) is 0 Å². The predicted molar refractivity (Wildman–Crippen MR) is 234 cm³/mol. The van der Waals surface area contributed by atoms with Gasteiger partial charge in [0, 0.05) is 39.0 Å². The van der Waals surface area contributed by atoms with Gasteiger partial charge in [0.1, 0.15) is 22.3 Å². The summed E-state index contributed by atoms with van der Waals surface area (Å²) in [6, 6.07) is 60.3. The number of aromatic nitrogens is 4. The van der Waals surface area contributed by atoms with Crippen molar-refractivity contribution in [2.24, 2.45) is 0 Å². The fourth-order valence-electron chi connectivity index (χ4n) is 8.35. The molecule has 0 radical (unpaired) electrons. The monoisotopic (exact) mass is 742 g/mol. The van der Waals surface area contributed by atoms with E-state index in [9.17, 15) is 0 Å². The molecule has 0 aliphatic rings. The van der Waals surface area contributed by atoms with Gasteiger partial charge in [-0.3, -0.25) is 4.98 Å². The molecule has 6 heteroatoms. The number of hydrogen-bond donors (Lipinski definition) is 0. The SMILES string of the molecule is c1ccc(-c2cccc(-c3nc(-c4cnc(-c5ccc6ccccc6c5)c5c4oc4cc6ccccc6cc45)nc(-c4cccc5oc6ccccc6c45)n3)c2)cc1. The van der Waals surface area contributed by atoms with Crippen LogP contribution < -0.4 is 0 Å². The first kappa shape index (κ1) is 32.3. The van der Waals surface area contributed by atoms with Crippen LogP contribution in [-0.4, -0.2) is 19.9 Å². The zero-order valence-corrected chi connectivity index (χ0v) is 30.9. The molecule has 12 rings (SSSR count). The maximum Gasteiger partial charge on any atom is 0.169 e. The van der Waals surface area contributed by atoms with E-state index in [4.69, 9.17) is 28.8 Å². The summed E-state index contributed by atoms with van der Waals surface area (Å²) in [6.07, 6.45) is 1.85. The number of furan rings is 2. The Morgan fingerprint density at radius 2 is 1.00 bits per heavy atom. The average Bonchev–Trinajstić information content (AvgIpc) is 3.86. The third kappa shape index (κ3) is 5.20. The number of fused-ring (bicyclic) bond motifs is 8. The van der Waals surface area contributed by atoms with E-state index in [1.165, 1.54) is 5.39 Å². The largest absolute Gasteiger partial charge is 0.456 e. The van der Waals surface area contributed by atoms with Gasteiger partial charge in [0.05, 0.1) is 16.6 Å². The molecule has 4 aromatic heterocycles. The maximum atomic E-state index is 6.92. The summed E-state index contributed by atoms with van der Waals surface area (Å²) in [5.74, 6) is 1.52. The molecule has 4 heterocycles. The summed E-state index contributed by atoms with van der Waals surface area (Å²) in [5, 5.41) is 8.36. The second-order valence-corrected chi connectivity index (χ2v) is 14.6. The second kappa shape index (κ2) is 12.8. The number of benzene rings is 8. The number of para-hydroxylation sites is 1. The predicted octanol–water partition coefficient (Wildman–Crippen LogP) is 13.7. The van der Waals surface area contributed by atoms with Crippen molar-refractivity contribution < 1.29 is 8.83 Å². The molecule has 270 valence electrons. The van der Waals surface area contributed by atoms with Crippen LogP contribution in [0.25, 0.3) is 122 Å². The molecule has 0 unspecified atom stereocenters. The summed E-state index contributed by atoms with van der Waals surface area (Å²) >= 11 is 0. The lowest BCUT2D eigenvalue weighted by Gasteiger charge is -2.11. The molecular weight excluding hydrogens is 713 g/mol. The second-order valence-electron chi connectivity index (χ2n) is 14.6. The molecule has 0 amide bonds. The van der Waals surface area contributed by atoms with Crippen LogP contribution in [0.1, 0.15) is 0 Å². The van der Waals surface area contributed by atoms with Crippen molar-refractivity contribution in [1.82, 2.24) is 19.9 Å². The zero-order chi connectivity index (χ0) is 38.2. The third-order valence-corrected chi connectivity index (χ3v) is 11.1. The van der Waals surface area contributed by atoms with Gasteiger partial charge in [-0.15, -0.1) is 0 Å². The molecule has 58 heavy (non-hydrogen) atoms. The molecule has 0 bridgehead atoms. The van der Waals surface area contributed by atoms with Gasteiger partial charge < -0.3 is 8.83 Å². The molecule has 0 saturated carbocycles. The minimum absolute atomic E-state index is 0.459. The van der Waals surface area contributed by atoms with Crippen LogP contribution in [-0.2, 0) is 0 Å². The smallest absolute Gasteiger partial charge is 0.169 e. The van der Waals surface area contributed by atoms with Gasteiger partial charge in [0.2, 0.25) is 0 Å². The fourth-order valence-corrected chi connectivity index (χ4v) is 8.35. The van der Waals surface area contributed by atoms with Crippen molar-refractivity contribution in [2.75, 3.05) is 0 Å². The van der Waals surface area contributed by atoms with E-state index in [0.29, 0.717) is 28.6 Å². The van der Waals surface area contributed by atoms with Crippen molar-refractivity contribution in [3.05, 3.63) is 182 Å². The number of hydrogen-bond acceptors (Lipinski definition) is 6. The van der Waals surface area contributed by atoms with Gasteiger partial charge in [0.25, 0.3) is 0 Å². The molecule has 0 aliphatic heterocycles. The number of nitrogens with zero attached hydrogens (tertiary/aromatic N) is 4. The lowest BCUT2D eigenvalue weighted by molar-refractivity contribution is 0.668. The zero-order valence-electron chi connectivity index (χ0n) is 30.9. The van der Waals surface area contributed by atoms with Gasteiger partial charge in [-0.2, -0.15) is 0 Å². The minimum Gasteiger partial charge on any atom is -0.456 e. The third-order valence-electron chi connectivity index (χ3n) is 11.1. The number of rotatable bonds is 5. The Hall–Kier alpha value is -7.96.